The molecule has 1 aliphatic heterocycles. The Kier molecular flexibility index (Phi) is 3.35. The van der Waals surface area contributed by atoms with Crippen LogP contribution in [0.2, 0.25) is 0 Å². The number of thiazole rings is 1. The minimum absolute atomic E-state index is 0.788. The number of aromatic nitrogens is 1. The van der Waals surface area contributed by atoms with Crippen molar-refractivity contribution < 1.29 is 0 Å². The van der Waals surface area contributed by atoms with Crippen LogP contribution in [0.25, 0.3) is 10.2 Å². The van der Waals surface area contributed by atoms with Crippen LogP contribution in [0.15, 0.2) is 24.3 Å². The normalized spacial score (nSPS) is 25.7. The zero-order valence-electron chi connectivity index (χ0n) is 11.1. The maximum atomic E-state index is 4.77. The van der Waals surface area contributed by atoms with Gasteiger partial charge in [-0.05, 0) is 44.0 Å². The van der Waals surface area contributed by atoms with Crippen molar-refractivity contribution in [1.82, 2.24) is 9.88 Å². The van der Waals surface area contributed by atoms with Crippen LogP contribution in [0.4, 0.5) is 0 Å². The molecule has 0 aliphatic carbocycles. The lowest BCUT2D eigenvalue weighted by atomic mass is 9.85. The summed E-state index contributed by atoms with van der Waals surface area (Å²) in [7, 11) is 2.23. The molecule has 96 valence electrons. The molecule has 0 spiro atoms. The van der Waals surface area contributed by atoms with Crippen LogP contribution < -0.4 is 0 Å². The lowest BCUT2D eigenvalue weighted by Gasteiger charge is -2.34. The highest BCUT2D eigenvalue weighted by Gasteiger charge is 2.25. The molecule has 2 nitrogen and oxygen atoms in total. The minimum atomic E-state index is 0.788. The molecule has 18 heavy (non-hydrogen) atoms. The summed E-state index contributed by atoms with van der Waals surface area (Å²) in [6.07, 6.45) is 2.47. The summed E-state index contributed by atoms with van der Waals surface area (Å²) >= 11 is 1.87. The SMILES string of the molecule is CC1CN(C)CCC1Cc1nc2ccccc2s1. The maximum Gasteiger partial charge on any atom is 0.0941 e. The number of rotatable bonds is 2. The fourth-order valence-electron chi connectivity index (χ4n) is 2.94. The fourth-order valence-corrected chi connectivity index (χ4v) is 4.00. The van der Waals surface area contributed by atoms with E-state index in [0.717, 1.165) is 23.8 Å². The first kappa shape index (κ1) is 12.1. The summed E-state index contributed by atoms with van der Waals surface area (Å²) in [5, 5.41) is 1.32. The van der Waals surface area contributed by atoms with E-state index in [9.17, 15) is 0 Å². The second kappa shape index (κ2) is 4.98. The van der Waals surface area contributed by atoms with Crippen molar-refractivity contribution in [2.24, 2.45) is 11.8 Å². The largest absolute Gasteiger partial charge is 0.306 e. The molecule has 1 aromatic heterocycles. The van der Waals surface area contributed by atoms with Gasteiger partial charge in [0.15, 0.2) is 0 Å². The van der Waals surface area contributed by atoms with Crippen molar-refractivity contribution in [2.75, 3.05) is 20.1 Å². The van der Waals surface area contributed by atoms with E-state index in [0.29, 0.717) is 0 Å². The molecule has 2 aromatic rings. The van der Waals surface area contributed by atoms with Gasteiger partial charge in [0.05, 0.1) is 15.2 Å². The number of hydrogen-bond donors (Lipinski definition) is 0. The molecule has 1 saturated heterocycles. The van der Waals surface area contributed by atoms with Gasteiger partial charge in [-0.15, -0.1) is 11.3 Å². The smallest absolute Gasteiger partial charge is 0.0941 e. The number of hydrogen-bond acceptors (Lipinski definition) is 3. The van der Waals surface area contributed by atoms with E-state index >= 15 is 0 Å². The van der Waals surface area contributed by atoms with Gasteiger partial charge >= 0.3 is 0 Å². The van der Waals surface area contributed by atoms with E-state index < -0.39 is 0 Å². The molecule has 2 atom stereocenters. The highest BCUT2D eigenvalue weighted by molar-refractivity contribution is 7.18. The zero-order chi connectivity index (χ0) is 12.5. The maximum absolute atomic E-state index is 4.77. The predicted molar refractivity (Wildman–Crippen MR) is 78.1 cm³/mol. The van der Waals surface area contributed by atoms with Crippen molar-refractivity contribution in [2.45, 2.75) is 19.8 Å². The second-order valence-corrected chi connectivity index (χ2v) is 6.68. The summed E-state index contributed by atoms with van der Waals surface area (Å²) in [4.78, 5) is 7.21. The van der Waals surface area contributed by atoms with E-state index in [1.165, 1.54) is 29.2 Å². The summed E-state index contributed by atoms with van der Waals surface area (Å²) in [6.45, 7) is 4.85. The number of benzene rings is 1. The molecular weight excluding hydrogens is 240 g/mol. The van der Waals surface area contributed by atoms with Gasteiger partial charge < -0.3 is 4.90 Å². The lowest BCUT2D eigenvalue weighted by molar-refractivity contribution is 0.154. The molecule has 1 aromatic carbocycles. The van der Waals surface area contributed by atoms with Crippen molar-refractivity contribution in [3.63, 3.8) is 0 Å². The molecule has 0 radical (unpaired) electrons. The Morgan fingerprint density at radius 3 is 3.00 bits per heavy atom. The quantitative estimate of drug-likeness (QED) is 0.822. The fraction of sp³-hybridized carbons (Fsp3) is 0.533. The molecule has 1 fully saturated rings. The average Bonchev–Trinajstić information content (AvgIpc) is 2.75. The van der Waals surface area contributed by atoms with Gasteiger partial charge in [0.25, 0.3) is 0 Å². The third-order valence-corrected chi connectivity index (χ3v) is 5.12. The van der Waals surface area contributed by atoms with Gasteiger partial charge in [0.2, 0.25) is 0 Å². The van der Waals surface area contributed by atoms with E-state index in [-0.39, 0.29) is 0 Å². The van der Waals surface area contributed by atoms with Crippen LogP contribution >= 0.6 is 11.3 Å². The summed E-state index contributed by atoms with van der Waals surface area (Å²) in [5.74, 6) is 1.59. The Bertz CT molecular complexity index is 501. The highest BCUT2D eigenvalue weighted by Crippen LogP contribution is 2.29. The molecule has 1 aliphatic rings. The van der Waals surface area contributed by atoms with Crippen LogP contribution in [0.1, 0.15) is 18.4 Å². The number of piperidine rings is 1. The van der Waals surface area contributed by atoms with Crippen molar-refractivity contribution in [3.8, 4) is 0 Å². The Morgan fingerprint density at radius 2 is 2.22 bits per heavy atom. The topological polar surface area (TPSA) is 16.1 Å². The van der Waals surface area contributed by atoms with Gasteiger partial charge in [0, 0.05) is 13.0 Å². The number of para-hydroxylation sites is 1. The van der Waals surface area contributed by atoms with Gasteiger partial charge in [0.1, 0.15) is 0 Å². The highest BCUT2D eigenvalue weighted by atomic mass is 32.1. The molecule has 3 rings (SSSR count). The average molecular weight is 260 g/mol. The molecule has 2 heterocycles. The first-order chi connectivity index (χ1) is 8.72. The predicted octanol–water partition coefficient (Wildman–Crippen LogP) is 3.43. The minimum Gasteiger partial charge on any atom is -0.306 e. The Morgan fingerprint density at radius 1 is 1.39 bits per heavy atom. The molecule has 2 unspecified atom stereocenters. The number of fused-ring (bicyclic) bond motifs is 1. The van der Waals surface area contributed by atoms with Crippen LogP contribution in [0.3, 0.4) is 0 Å². The summed E-state index contributed by atoms with van der Waals surface area (Å²) in [6, 6.07) is 8.47. The van der Waals surface area contributed by atoms with Crippen LogP contribution in [-0.4, -0.2) is 30.0 Å². The molecule has 3 heteroatoms. The molecular formula is C15H20N2S. The first-order valence-electron chi connectivity index (χ1n) is 6.75. The van der Waals surface area contributed by atoms with Crippen molar-refractivity contribution >= 4 is 21.6 Å². The van der Waals surface area contributed by atoms with E-state index in [1.54, 1.807) is 0 Å². The zero-order valence-corrected chi connectivity index (χ0v) is 11.9. The van der Waals surface area contributed by atoms with Crippen molar-refractivity contribution in [1.29, 1.82) is 0 Å². The molecule has 0 saturated carbocycles. The monoisotopic (exact) mass is 260 g/mol. The van der Waals surface area contributed by atoms with Crippen molar-refractivity contribution in [3.05, 3.63) is 29.3 Å². The standard InChI is InChI=1S/C15H20N2S/c1-11-10-17(2)8-7-12(11)9-15-16-13-5-3-4-6-14(13)18-15/h3-6,11-12H,7-10H2,1-2H3. The number of nitrogens with zero attached hydrogens (tertiary/aromatic N) is 2. The Hall–Kier alpha value is -0.930. The molecule has 0 N–H and O–H groups in total. The molecule has 0 bridgehead atoms. The second-order valence-electron chi connectivity index (χ2n) is 5.57. The van der Waals surface area contributed by atoms with Crippen LogP contribution in [-0.2, 0) is 6.42 Å². The third-order valence-electron chi connectivity index (χ3n) is 4.06. The first-order valence-corrected chi connectivity index (χ1v) is 7.57. The summed E-state index contributed by atoms with van der Waals surface area (Å²) < 4.78 is 1.33. The lowest BCUT2D eigenvalue weighted by Crippen LogP contribution is -2.37. The third kappa shape index (κ3) is 2.43. The van der Waals surface area contributed by atoms with Gasteiger partial charge in [-0.25, -0.2) is 4.98 Å². The Balaban J connectivity index is 1.75. The molecule has 0 amide bonds. The summed E-state index contributed by atoms with van der Waals surface area (Å²) in [5.41, 5.74) is 1.16. The number of likely N-dealkylation sites (tertiary alicyclic amines) is 1. The van der Waals surface area contributed by atoms with E-state index in [2.05, 4.69) is 43.1 Å². The van der Waals surface area contributed by atoms with Crippen LogP contribution in [0, 0.1) is 11.8 Å². The van der Waals surface area contributed by atoms with E-state index in [1.807, 2.05) is 11.3 Å². The Labute approximate surface area is 113 Å². The van der Waals surface area contributed by atoms with E-state index in [4.69, 9.17) is 4.98 Å². The van der Waals surface area contributed by atoms with Gasteiger partial charge in [-0.2, -0.15) is 0 Å². The van der Waals surface area contributed by atoms with Gasteiger partial charge in [-0.1, -0.05) is 19.1 Å². The van der Waals surface area contributed by atoms with Crippen LogP contribution in [0.5, 0.6) is 0 Å². The van der Waals surface area contributed by atoms with Gasteiger partial charge in [-0.3, -0.25) is 0 Å².